The van der Waals surface area contributed by atoms with Gasteiger partial charge in [0.05, 0.1) is 11.8 Å². The van der Waals surface area contributed by atoms with Crippen molar-refractivity contribution in [1.29, 1.82) is 0 Å². The van der Waals surface area contributed by atoms with Crippen molar-refractivity contribution in [2.24, 2.45) is 5.41 Å². The van der Waals surface area contributed by atoms with Gasteiger partial charge in [0.25, 0.3) is 0 Å². The second kappa shape index (κ2) is 7.72. The van der Waals surface area contributed by atoms with Crippen LogP contribution < -0.4 is 4.90 Å². The Hall–Kier alpha value is -1.99. The Morgan fingerprint density at radius 1 is 1.15 bits per heavy atom. The van der Waals surface area contributed by atoms with E-state index in [9.17, 15) is 5.11 Å². The number of aliphatic hydroxyl groups is 1. The average molecular weight is 357 g/mol. The van der Waals surface area contributed by atoms with Gasteiger partial charge in [-0.2, -0.15) is 4.68 Å². The van der Waals surface area contributed by atoms with Gasteiger partial charge in [0.15, 0.2) is 0 Å². The summed E-state index contributed by atoms with van der Waals surface area (Å²) >= 11 is 0. The molecule has 2 aliphatic rings. The molecule has 2 saturated heterocycles. The molecule has 1 aromatic carbocycles. The Kier molecular flexibility index (Phi) is 5.17. The maximum atomic E-state index is 10.1. The molecule has 0 bridgehead atoms. The smallest absolute Gasteiger partial charge is 0.250 e. The Morgan fingerprint density at radius 2 is 1.96 bits per heavy atom. The van der Waals surface area contributed by atoms with Crippen LogP contribution >= 0.6 is 0 Å². The van der Waals surface area contributed by atoms with Crippen LogP contribution in [0.15, 0.2) is 30.3 Å². The molecule has 0 saturated carbocycles. The lowest BCUT2D eigenvalue weighted by Gasteiger charge is -2.43. The Bertz CT molecular complexity index is 691. The fraction of sp³-hybridized carbons (Fsp3) is 0.632. The first kappa shape index (κ1) is 17.4. The summed E-state index contributed by atoms with van der Waals surface area (Å²) in [6.45, 7) is 2.79. The SMILES string of the molecule is OCC1(CC2CCCCO2)CCN(c2nnnn2-c2ccccc2)CC1. The summed E-state index contributed by atoms with van der Waals surface area (Å²) < 4.78 is 7.71. The molecule has 1 unspecified atom stereocenters. The third kappa shape index (κ3) is 3.59. The average Bonchev–Trinajstić information content (AvgIpc) is 3.20. The van der Waals surface area contributed by atoms with Crippen molar-refractivity contribution in [2.75, 3.05) is 31.2 Å². The number of rotatable bonds is 5. The molecule has 3 heterocycles. The van der Waals surface area contributed by atoms with Gasteiger partial charge in [-0.1, -0.05) is 23.3 Å². The molecule has 0 aliphatic carbocycles. The van der Waals surface area contributed by atoms with E-state index in [1.54, 1.807) is 4.68 Å². The predicted molar refractivity (Wildman–Crippen MR) is 98.3 cm³/mol. The van der Waals surface area contributed by atoms with E-state index in [0.717, 1.165) is 57.0 Å². The third-order valence-corrected chi connectivity index (χ3v) is 5.83. The standard InChI is InChI=1S/C19H27N5O2/c25-15-19(14-17-8-4-5-13-26-17)9-11-23(12-10-19)18-20-21-22-24(18)16-6-2-1-3-7-16/h1-3,6-7,17,25H,4-5,8-15H2. The van der Waals surface area contributed by atoms with Gasteiger partial charge in [0.2, 0.25) is 5.95 Å². The highest BCUT2D eigenvalue weighted by Gasteiger charge is 2.38. The van der Waals surface area contributed by atoms with Crippen LogP contribution in [0.5, 0.6) is 0 Å². The minimum Gasteiger partial charge on any atom is -0.396 e. The van der Waals surface area contributed by atoms with Gasteiger partial charge >= 0.3 is 0 Å². The van der Waals surface area contributed by atoms with E-state index in [-0.39, 0.29) is 12.0 Å². The van der Waals surface area contributed by atoms with Crippen molar-refractivity contribution < 1.29 is 9.84 Å². The molecule has 1 aromatic heterocycles. The maximum Gasteiger partial charge on any atom is 0.250 e. The van der Waals surface area contributed by atoms with Crippen LogP contribution in [-0.4, -0.2) is 57.7 Å². The lowest BCUT2D eigenvalue weighted by atomic mass is 9.74. The highest BCUT2D eigenvalue weighted by Crippen LogP contribution is 2.39. The highest BCUT2D eigenvalue weighted by atomic mass is 16.5. The van der Waals surface area contributed by atoms with Crippen LogP contribution in [0, 0.1) is 5.41 Å². The van der Waals surface area contributed by atoms with Crippen LogP contribution in [0.1, 0.15) is 38.5 Å². The molecule has 4 rings (SSSR count). The second-order valence-electron chi connectivity index (χ2n) is 7.56. The van der Waals surface area contributed by atoms with E-state index in [1.807, 2.05) is 30.3 Å². The number of hydrogen-bond donors (Lipinski definition) is 1. The van der Waals surface area contributed by atoms with Crippen molar-refractivity contribution >= 4 is 5.95 Å². The van der Waals surface area contributed by atoms with Crippen LogP contribution in [-0.2, 0) is 4.74 Å². The Balaban J connectivity index is 1.44. The predicted octanol–water partition coefficient (Wildman–Crippen LogP) is 2.20. The van der Waals surface area contributed by atoms with Crippen LogP contribution in [0.3, 0.4) is 0 Å². The minimum absolute atomic E-state index is 0.0382. The number of para-hydroxylation sites is 1. The first-order chi connectivity index (χ1) is 12.8. The number of nitrogens with zero attached hydrogens (tertiary/aromatic N) is 5. The van der Waals surface area contributed by atoms with Crippen molar-refractivity contribution in [1.82, 2.24) is 20.2 Å². The molecule has 0 amide bonds. The van der Waals surface area contributed by atoms with Gasteiger partial charge in [0.1, 0.15) is 0 Å². The maximum absolute atomic E-state index is 10.1. The molecule has 2 aromatic rings. The lowest BCUT2D eigenvalue weighted by molar-refractivity contribution is -0.0355. The molecule has 7 nitrogen and oxygen atoms in total. The summed E-state index contributed by atoms with van der Waals surface area (Å²) in [5.74, 6) is 0.775. The first-order valence-electron chi connectivity index (χ1n) is 9.61. The molecular formula is C19H27N5O2. The number of benzene rings is 1. The molecule has 2 fully saturated rings. The number of piperidine rings is 1. The number of tetrazole rings is 1. The summed E-state index contributed by atoms with van der Waals surface area (Å²) in [5.41, 5.74) is 0.922. The normalized spacial score (nSPS) is 23.1. The number of ether oxygens (including phenoxy) is 1. The van der Waals surface area contributed by atoms with E-state index in [2.05, 4.69) is 20.4 Å². The van der Waals surface area contributed by atoms with Crippen LogP contribution in [0.25, 0.3) is 5.69 Å². The number of anilines is 1. The molecule has 0 spiro atoms. The van der Waals surface area contributed by atoms with Crippen molar-refractivity contribution in [3.8, 4) is 5.69 Å². The minimum atomic E-state index is -0.0382. The van der Waals surface area contributed by atoms with Gasteiger partial charge in [-0.25, -0.2) is 0 Å². The molecule has 26 heavy (non-hydrogen) atoms. The Morgan fingerprint density at radius 3 is 2.65 bits per heavy atom. The summed E-state index contributed by atoms with van der Waals surface area (Å²) in [6, 6.07) is 9.96. The zero-order valence-electron chi connectivity index (χ0n) is 15.1. The van der Waals surface area contributed by atoms with Crippen LogP contribution in [0.4, 0.5) is 5.95 Å². The fourth-order valence-electron chi connectivity index (χ4n) is 4.18. The van der Waals surface area contributed by atoms with Crippen molar-refractivity contribution in [3.63, 3.8) is 0 Å². The van der Waals surface area contributed by atoms with E-state index in [0.29, 0.717) is 6.10 Å². The van der Waals surface area contributed by atoms with Gasteiger partial charge < -0.3 is 14.7 Å². The molecular weight excluding hydrogens is 330 g/mol. The molecule has 140 valence electrons. The van der Waals surface area contributed by atoms with Crippen LogP contribution in [0.2, 0.25) is 0 Å². The van der Waals surface area contributed by atoms with E-state index >= 15 is 0 Å². The first-order valence-corrected chi connectivity index (χ1v) is 9.61. The molecule has 7 heteroatoms. The quantitative estimate of drug-likeness (QED) is 0.884. The molecule has 1 atom stereocenters. The highest BCUT2D eigenvalue weighted by molar-refractivity contribution is 5.40. The molecule has 0 radical (unpaired) electrons. The lowest BCUT2D eigenvalue weighted by Crippen LogP contribution is -2.45. The van der Waals surface area contributed by atoms with Gasteiger partial charge in [-0.3, -0.25) is 0 Å². The van der Waals surface area contributed by atoms with Gasteiger partial charge in [0, 0.05) is 26.3 Å². The van der Waals surface area contributed by atoms with Crippen molar-refractivity contribution in [2.45, 2.75) is 44.6 Å². The number of hydrogen-bond acceptors (Lipinski definition) is 6. The fourth-order valence-corrected chi connectivity index (χ4v) is 4.18. The summed E-state index contributed by atoms with van der Waals surface area (Å²) in [7, 11) is 0. The van der Waals surface area contributed by atoms with E-state index in [4.69, 9.17) is 4.74 Å². The topological polar surface area (TPSA) is 76.3 Å². The zero-order chi connectivity index (χ0) is 17.8. The second-order valence-corrected chi connectivity index (χ2v) is 7.56. The Labute approximate surface area is 154 Å². The monoisotopic (exact) mass is 357 g/mol. The summed E-state index contributed by atoms with van der Waals surface area (Å²) in [6.07, 6.45) is 6.66. The van der Waals surface area contributed by atoms with E-state index < -0.39 is 0 Å². The molecule has 2 aliphatic heterocycles. The summed E-state index contributed by atoms with van der Waals surface area (Å²) in [4.78, 5) is 2.22. The number of aromatic nitrogens is 4. The van der Waals surface area contributed by atoms with E-state index in [1.165, 1.54) is 12.8 Å². The van der Waals surface area contributed by atoms with Gasteiger partial charge in [-0.05, 0) is 66.5 Å². The zero-order valence-corrected chi connectivity index (χ0v) is 15.1. The van der Waals surface area contributed by atoms with Crippen molar-refractivity contribution in [3.05, 3.63) is 30.3 Å². The molecule has 1 N–H and O–H groups in total. The summed E-state index contributed by atoms with van der Waals surface area (Å²) in [5, 5.41) is 22.4. The largest absolute Gasteiger partial charge is 0.396 e. The van der Waals surface area contributed by atoms with Gasteiger partial charge in [-0.15, -0.1) is 0 Å². The third-order valence-electron chi connectivity index (χ3n) is 5.83. The number of aliphatic hydroxyl groups excluding tert-OH is 1.